The van der Waals surface area contributed by atoms with E-state index in [9.17, 15) is 0 Å². The predicted molar refractivity (Wildman–Crippen MR) is 287 cm³/mol. The molecule has 1 aliphatic carbocycles. The monoisotopic (exact) mass is 872 g/mol. The lowest BCUT2D eigenvalue weighted by molar-refractivity contribution is 0.647. The number of allylic oxidation sites excluding steroid dienone is 2. The van der Waals surface area contributed by atoms with Crippen LogP contribution in [0.3, 0.4) is 0 Å². The van der Waals surface area contributed by atoms with Crippen molar-refractivity contribution in [2.45, 2.75) is 32.2 Å². The van der Waals surface area contributed by atoms with Gasteiger partial charge in [-0.2, -0.15) is 0 Å². The summed E-state index contributed by atoms with van der Waals surface area (Å²) in [5, 5.41) is 7.58. The van der Waals surface area contributed by atoms with Gasteiger partial charge < -0.3 is 18.6 Å². The highest BCUT2D eigenvalue weighted by Crippen LogP contribution is 2.54. The van der Waals surface area contributed by atoms with Gasteiger partial charge in [0.15, 0.2) is 0 Å². The van der Waals surface area contributed by atoms with Crippen molar-refractivity contribution in [1.82, 2.24) is 13.7 Å². The number of hydrogen-bond acceptors (Lipinski definition) is 1. The van der Waals surface area contributed by atoms with Crippen molar-refractivity contribution in [2.75, 3.05) is 4.90 Å². The predicted octanol–water partition coefficient (Wildman–Crippen LogP) is 16.4. The van der Waals surface area contributed by atoms with Crippen LogP contribution in [0.1, 0.15) is 36.5 Å². The molecule has 0 amide bonds. The second kappa shape index (κ2) is 15.1. The van der Waals surface area contributed by atoms with Crippen LogP contribution in [0.25, 0.3) is 88.1 Å². The fraction of sp³-hybridized carbons (Fsp3) is 0.0938. The Kier molecular flexibility index (Phi) is 8.63. The molecule has 4 heteroatoms. The van der Waals surface area contributed by atoms with E-state index >= 15 is 0 Å². The Balaban J connectivity index is 1.04. The molecule has 3 aromatic heterocycles. The summed E-state index contributed by atoms with van der Waals surface area (Å²) in [5.41, 5.74) is 18.3. The Hall–Kier alpha value is -8.34. The van der Waals surface area contributed by atoms with Crippen LogP contribution in [0.15, 0.2) is 224 Å². The van der Waals surface area contributed by atoms with Crippen LogP contribution in [0, 0.1) is 5.92 Å². The molecule has 0 saturated carbocycles. The third kappa shape index (κ3) is 5.80. The van der Waals surface area contributed by atoms with Gasteiger partial charge in [0.1, 0.15) is 0 Å². The number of aromatic nitrogens is 3. The van der Waals surface area contributed by atoms with Gasteiger partial charge in [-0.1, -0.05) is 166 Å². The first-order valence-corrected chi connectivity index (χ1v) is 24.1. The lowest BCUT2D eigenvalue weighted by Crippen LogP contribution is -2.29. The number of fused-ring (bicyclic) bond motifs is 12. The highest BCUT2D eigenvalue weighted by Gasteiger charge is 2.41. The molecule has 9 aromatic carbocycles. The highest BCUT2D eigenvalue weighted by atomic mass is 15.2. The molecule has 68 heavy (non-hydrogen) atoms. The molecule has 4 nitrogen and oxygen atoms in total. The Labute approximate surface area is 395 Å². The number of anilines is 2. The average molecular weight is 873 g/mol. The summed E-state index contributed by atoms with van der Waals surface area (Å²) in [6.07, 6.45) is 8.39. The van der Waals surface area contributed by atoms with E-state index in [1.54, 1.807) is 0 Å². The number of hydrogen-bond donors (Lipinski definition) is 0. The molecule has 1 aliphatic heterocycles. The quantitative estimate of drug-likeness (QED) is 0.156. The first-order chi connectivity index (χ1) is 33.6. The summed E-state index contributed by atoms with van der Waals surface area (Å²) >= 11 is 0. The molecule has 14 rings (SSSR count). The lowest BCUT2D eigenvalue weighted by atomic mass is 9.86. The van der Waals surface area contributed by atoms with E-state index in [0.29, 0.717) is 5.92 Å². The van der Waals surface area contributed by atoms with Crippen LogP contribution >= 0.6 is 0 Å². The van der Waals surface area contributed by atoms with Crippen molar-refractivity contribution < 1.29 is 0 Å². The van der Waals surface area contributed by atoms with Gasteiger partial charge in [-0.15, -0.1) is 0 Å². The Bertz CT molecular complexity index is 3940. The first-order valence-electron chi connectivity index (χ1n) is 24.1. The zero-order chi connectivity index (χ0) is 45.0. The molecule has 0 spiro atoms. The van der Waals surface area contributed by atoms with Gasteiger partial charge in [0.05, 0.1) is 50.5 Å². The molecule has 0 radical (unpaired) electrons. The van der Waals surface area contributed by atoms with Crippen LogP contribution in [-0.4, -0.2) is 19.7 Å². The maximum absolute atomic E-state index is 2.64. The van der Waals surface area contributed by atoms with Gasteiger partial charge in [-0.3, -0.25) is 0 Å². The lowest BCUT2D eigenvalue weighted by Gasteiger charge is -2.31. The maximum Gasteiger partial charge on any atom is 0.0723 e. The number of rotatable bonds is 7. The normalized spacial score (nSPS) is 15.7. The van der Waals surface area contributed by atoms with E-state index in [1.165, 1.54) is 99.1 Å². The third-order valence-corrected chi connectivity index (χ3v) is 14.7. The zero-order valence-electron chi connectivity index (χ0n) is 38.1. The van der Waals surface area contributed by atoms with E-state index in [0.717, 1.165) is 23.5 Å². The summed E-state index contributed by atoms with van der Waals surface area (Å²) in [5.74, 6) is 0.649. The van der Waals surface area contributed by atoms with Crippen molar-refractivity contribution in [3.63, 3.8) is 0 Å². The molecule has 12 aromatic rings. The minimum atomic E-state index is 0.0374. The van der Waals surface area contributed by atoms with Crippen LogP contribution in [-0.2, 0) is 6.42 Å². The fourth-order valence-electron chi connectivity index (χ4n) is 11.9. The highest BCUT2D eigenvalue weighted by molar-refractivity contribution is 6.12. The minimum Gasteiger partial charge on any atom is -0.332 e. The van der Waals surface area contributed by atoms with Gasteiger partial charge in [-0.25, -0.2) is 0 Å². The standard InChI is InChI=1S/C64H48N4/c1-41(2)36-42-28-34-53-52-22-8-11-23-56(52)65(62(53)37-42)45-30-32-46(33-31-45)67-61-35-29-44(43-16-4-3-5-17-43)38-54(61)55-39-47(66-57-24-12-6-18-48(57)49-19-7-13-25-58(49)66)40-63(64(55)67)68-59-26-14-9-20-50(59)51-21-10-15-27-60(51)68/h3-35,37-41,54,61H,36H2,1-2H3. The maximum atomic E-state index is 2.64. The molecule has 0 N–H and O–H groups in total. The summed E-state index contributed by atoms with van der Waals surface area (Å²) in [7, 11) is 0. The molecule has 4 heterocycles. The van der Waals surface area contributed by atoms with E-state index in [2.05, 4.69) is 257 Å². The topological polar surface area (TPSA) is 18.0 Å². The summed E-state index contributed by atoms with van der Waals surface area (Å²) < 4.78 is 7.50. The largest absolute Gasteiger partial charge is 0.332 e. The molecule has 324 valence electrons. The van der Waals surface area contributed by atoms with Crippen LogP contribution in [0.5, 0.6) is 0 Å². The zero-order valence-corrected chi connectivity index (χ0v) is 38.1. The third-order valence-electron chi connectivity index (χ3n) is 14.7. The van der Waals surface area contributed by atoms with Crippen molar-refractivity contribution in [1.29, 1.82) is 0 Å². The molecule has 0 saturated heterocycles. The van der Waals surface area contributed by atoms with Gasteiger partial charge >= 0.3 is 0 Å². The van der Waals surface area contributed by atoms with Gasteiger partial charge in [0.2, 0.25) is 0 Å². The Morgan fingerprint density at radius 2 is 0.912 bits per heavy atom. The smallest absolute Gasteiger partial charge is 0.0723 e. The van der Waals surface area contributed by atoms with Crippen molar-refractivity contribution in [3.05, 3.63) is 241 Å². The molecule has 0 fully saturated rings. The molecule has 2 atom stereocenters. The second-order valence-corrected chi connectivity index (χ2v) is 19.2. The van der Waals surface area contributed by atoms with Crippen molar-refractivity contribution in [3.8, 4) is 17.1 Å². The SMILES string of the molecule is CC(C)Cc1ccc2c3ccccc3n(-c3ccc(N4c5c(cc(-n6c7ccccc7c7ccccc76)cc5-n5c6ccccc6c6ccccc65)C5C=C(c6ccccc6)C=CC54)cc3)c2c1. The molecular formula is C64H48N4. The molecule has 0 bridgehead atoms. The number of nitrogens with zero attached hydrogens (tertiary/aromatic N) is 4. The summed E-state index contributed by atoms with van der Waals surface area (Å²) in [4.78, 5) is 2.64. The number of benzene rings is 9. The number of para-hydroxylation sites is 5. The van der Waals surface area contributed by atoms with Crippen LogP contribution in [0.4, 0.5) is 11.4 Å². The van der Waals surface area contributed by atoms with E-state index in [1.807, 2.05) is 0 Å². The van der Waals surface area contributed by atoms with E-state index in [-0.39, 0.29) is 12.0 Å². The van der Waals surface area contributed by atoms with Gasteiger partial charge in [0, 0.05) is 55.3 Å². The Morgan fingerprint density at radius 1 is 0.426 bits per heavy atom. The van der Waals surface area contributed by atoms with E-state index < -0.39 is 0 Å². The van der Waals surface area contributed by atoms with Gasteiger partial charge in [0.25, 0.3) is 0 Å². The molecule has 2 unspecified atom stereocenters. The first kappa shape index (κ1) is 38.9. The van der Waals surface area contributed by atoms with Crippen molar-refractivity contribution in [2.24, 2.45) is 5.92 Å². The van der Waals surface area contributed by atoms with E-state index in [4.69, 9.17) is 0 Å². The minimum absolute atomic E-state index is 0.0374. The van der Waals surface area contributed by atoms with Crippen LogP contribution in [0.2, 0.25) is 0 Å². The van der Waals surface area contributed by atoms with Crippen LogP contribution < -0.4 is 4.90 Å². The van der Waals surface area contributed by atoms with Crippen molar-refractivity contribution >= 4 is 82.4 Å². The Morgan fingerprint density at radius 3 is 1.47 bits per heavy atom. The van der Waals surface area contributed by atoms with Gasteiger partial charge in [-0.05, 0) is 107 Å². The fourth-order valence-corrected chi connectivity index (χ4v) is 11.9. The molecular weight excluding hydrogens is 825 g/mol. The molecule has 2 aliphatic rings. The summed E-state index contributed by atoms with van der Waals surface area (Å²) in [6.45, 7) is 4.61. The second-order valence-electron chi connectivity index (χ2n) is 19.2. The average Bonchev–Trinajstić information content (AvgIpc) is 4.11. The summed E-state index contributed by atoms with van der Waals surface area (Å²) in [6, 6.07) is 76.8.